The molecule has 0 saturated heterocycles. The smallest absolute Gasteiger partial charge is 0.307 e. The van der Waals surface area contributed by atoms with E-state index in [4.69, 9.17) is 0 Å². The second kappa shape index (κ2) is 7.77. The second-order valence-electron chi connectivity index (χ2n) is 4.96. The number of carbonyl (C=O) groups excluding carboxylic acids is 2. The van der Waals surface area contributed by atoms with E-state index in [1.165, 1.54) is 11.8 Å². The predicted molar refractivity (Wildman–Crippen MR) is 89.6 cm³/mol. The van der Waals surface area contributed by atoms with Gasteiger partial charge in [-0.1, -0.05) is 30.8 Å². The monoisotopic (exact) mass is 333 g/mol. The van der Waals surface area contributed by atoms with E-state index in [0.29, 0.717) is 10.8 Å². The normalized spacial score (nSPS) is 10.4. The van der Waals surface area contributed by atoms with Crippen LogP contribution in [0.5, 0.6) is 0 Å². The minimum atomic E-state index is -0.548. The highest BCUT2D eigenvalue weighted by Crippen LogP contribution is 2.17. The lowest BCUT2D eigenvalue weighted by atomic mass is 10.1. The Morgan fingerprint density at radius 1 is 1.30 bits per heavy atom. The number of anilines is 1. The van der Waals surface area contributed by atoms with E-state index in [1.54, 1.807) is 6.07 Å². The highest BCUT2D eigenvalue weighted by Gasteiger charge is 2.11. The van der Waals surface area contributed by atoms with Gasteiger partial charge < -0.3 is 5.32 Å². The van der Waals surface area contributed by atoms with Crippen LogP contribution in [0.2, 0.25) is 0 Å². The highest BCUT2D eigenvalue weighted by atomic mass is 32.2. The molecule has 1 aromatic carbocycles. The number of H-pyrrole nitrogens is 1. The van der Waals surface area contributed by atoms with Crippen molar-refractivity contribution in [3.63, 3.8) is 0 Å². The third kappa shape index (κ3) is 4.82. The summed E-state index contributed by atoms with van der Waals surface area (Å²) in [5, 5.41) is 12.2. The molecule has 0 aliphatic heterocycles. The van der Waals surface area contributed by atoms with E-state index < -0.39 is 11.9 Å². The summed E-state index contributed by atoms with van der Waals surface area (Å²) in [6.07, 6.45) is 0.748. The van der Waals surface area contributed by atoms with Gasteiger partial charge in [0.05, 0.1) is 5.75 Å². The van der Waals surface area contributed by atoms with E-state index in [9.17, 15) is 9.59 Å². The first-order valence-electron chi connectivity index (χ1n) is 7.20. The molecule has 3 N–H and O–H groups in total. The van der Waals surface area contributed by atoms with Gasteiger partial charge in [0.2, 0.25) is 11.1 Å². The summed E-state index contributed by atoms with van der Waals surface area (Å²) < 4.78 is 0. The molecule has 0 spiro atoms. The first kappa shape index (κ1) is 17.0. The largest absolute Gasteiger partial charge is 0.325 e. The summed E-state index contributed by atoms with van der Waals surface area (Å²) in [5.74, 6) is 0.433. The van der Waals surface area contributed by atoms with Crippen molar-refractivity contribution in [2.45, 2.75) is 32.3 Å². The van der Waals surface area contributed by atoms with Crippen molar-refractivity contribution in [1.29, 1.82) is 0 Å². The topological polar surface area (TPSA) is 99.8 Å². The average molecular weight is 333 g/mol. The molecule has 0 atom stereocenters. The number of imide groups is 1. The van der Waals surface area contributed by atoms with Gasteiger partial charge in [-0.15, -0.1) is 5.10 Å². The van der Waals surface area contributed by atoms with Gasteiger partial charge >= 0.3 is 6.03 Å². The molecule has 0 fully saturated rings. The van der Waals surface area contributed by atoms with Gasteiger partial charge in [-0.25, -0.2) is 9.78 Å². The number of amides is 3. The summed E-state index contributed by atoms with van der Waals surface area (Å²) in [6.45, 7) is 5.83. The number of nitrogens with one attached hydrogen (secondary N) is 3. The van der Waals surface area contributed by atoms with Crippen molar-refractivity contribution >= 4 is 29.4 Å². The van der Waals surface area contributed by atoms with Crippen molar-refractivity contribution in [2.24, 2.45) is 0 Å². The number of rotatable bonds is 5. The quantitative estimate of drug-likeness (QED) is 0.730. The molecule has 1 heterocycles. The van der Waals surface area contributed by atoms with Gasteiger partial charge in [0.1, 0.15) is 5.82 Å². The fourth-order valence-corrected chi connectivity index (χ4v) is 2.45. The minimum Gasteiger partial charge on any atom is -0.307 e. The molecule has 0 unspecified atom stereocenters. The number of aromatic nitrogens is 3. The molecule has 0 bridgehead atoms. The van der Waals surface area contributed by atoms with Gasteiger partial charge in [0, 0.05) is 12.1 Å². The zero-order valence-electron chi connectivity index (χ0n) is 13.3. The van der Waals surface area contributed by atoms with Crippen LogP contribution in [-0.4, -0.2) is 32.9 Å². The van der Waals surface area contributed by atoms with Crippen molar-refractivity contribution in [3.05, 3.63) is 35.2 Å². The lowest BCUT2D eigenvalue weighted by Crippen LogP contribution is -2.35. The lowest BCUT2D eigenvalue weighted by molar-refractivity contribution is -0.117. The second-order valence-corrected chi connectivity index (χ2v) is 5.90. The van der Waals surface area contributed by atoms with Crippen LogP contribution in [0.4, 0.5) is 10.5 Å². The Kier molecular flexibility index (Phi) is 5.75. The molecule has 122 valence electrons. The molecule has 2 rings (SSSR count). The van der Waals surface area contributed by atoms with Gasteiger partial charge in [0.15, 0.2) is 0 Å². The van der Waals surface area contributed by atoms with Crippen LogP contribution in [-0.2, 0) is 11.2 Å². The van der Waals surface area contributed by atoms with Crippen LogP contribution in [0.3, 0.4) is 0 Å². The summed E-state index contributed by atoms with van der Waals surface area (Å²) >= 11 is 1.17. The molecule has 1 aromatic heterocycles. The van der Waals surface area contributed by atoms with Crippen molar-refractivity contribution in [1.82, 2.24) is 20.5 Å². The number of aryl methyl sites for hydroxylation is 2. The van der Waals surface area contributed by atoms with Crippen LogP contribution in [0.15, 0.2) is 23.4 Å². The highest BCUT2D eigenvalue weighted by molar-refractivity contribution is 7.99. The molecule has 0 aliphatic carbocycles. The van der Waals surface area contributed by atoms with Gasteiger partial charge in [-0.3, -0.25) is 15.2 Å². The summed E-state index contributed by atoms with van der Waals surface area (Å²) in [4.78, 5) is 27.8. The molecular weight excluding hydrogens is 314 g/mol. The predicted octanol–water partition coefficient (Wildman–Crippen LogP) is 2.42. The van der Waals surface area contributed by atoms with Crippen LogP contribution in [0.1, 0.15) is 23.9 Å². The minimum absolute atomic E-state index is 0.0707. The first-order chi connectivity index (χ1) is 11.0. The van der Waals surface area contributed by atoms with Crippen molar-refractivity contribution in [2.75, 3.05) is 11.1 Å². The van der Waals surface area contributed by atoms with Gasteiger partial charge in [-0.05, 0) is 31.0 Å². The van der Waals surface area contributed by atoms with E-state index >= 15 is 0 Å². The number of hydrogen-bond acceptors (Lipinski definition) is 5. The summed E-state index contributed by atoms with van der Waals surface area (Å²) in [5.41, 5.74) is 2.72. The number of benzene rings is 1. The van der Waals surface area contributed by atoms with Crippen LogP contribution in [0.25, 0.3) is 0 Å². The standard InChI is InChI=1S/C15H19N5O2S/c1-4-12-17-15(20-19-12)23-8-13(21)18-14(22)16-11-7-5-6-9(2)10(11)3/h5-7H,4,8H2,1-3H3,(H,17,19,20)(H2,16,18,21,22). The fraction of sp³-hybridized carbons (Fsp3) is 0.333. The number of urea groups is 1. The zero-order valence-corrected chi connectivity index (χ0v) is 14.1. The number of hydrogen-bond donors (Lipinski definition) is 3. The number of aromatic amines is 1. The lowest BCUT2D eigenvalue weighted by Gasteiger charge is -2.10. The van der Waals surface area contributed by atoms with E-state index in [1.807, 2.05) is 32.9 Å². The molecule has 0 saturated carbocycles. The Morgan fingerprint density at radius 3 is 2.78 bits per heavy atom. The van der Waals surface area contributed by atoms with Crippen LogP contribution in [0, 0.1) is 13.8 Å². The molecule has 7 nitrogen and oxygen atoms in total. The Balaban J connectivity index is 1.82. The van der Waals surface area contributed by atoms with Crippen LogP contribution >= 0.6 is 11.8 Å². The van der Waals surface area contributed by atoms with Crippen LogP contribution < -0.4 is 10.6 Å². The van der Waals surface area contributed by atoms with E-state index in [2.05, 4.69) is 25.8 Å². The maximum absolute atomic E-state index is 11.9. The Labute approximate surface area is 138 Å². The number of nitrogens with zero attached hydrogens (tertiary/aromatic N) is 2. The Morgan fingerprint density at radius 2 is 2.09 bits per heavy atom. The Hall–Kier alpha value is -2.35. The van der Waals surface area contributed by atoms with Gasteiger partial charge in [-0.2, -0.15) is 0 Å². The number of thioether (sulfide) groups is 1. The molecule has 2 aromatic rings. The molecule has 0 aliphatic rings. The molecule has 0 radical (unpaired) electrons. The van der Waals surface area contributed by atoms with Crippen molar-refractivity contribution < 1.29 is 9.59 Å². The van der Waals surface area contributed by atoms with E-state index in [0.717, 1.165) is 23.4 Å². The molecule has 23 heavy (non-hydrogen) atoms. The molecule has 8 heteroatoms. The average Bonchev–Trinajstić information content (AvgIpc) is 2.98. The molecular formula is C15H19N5O2S. The maximum Gasteiger partial charge on any atom is 0.325 e. The third-order valence-corrected chi connectivity index (χ3v) is 4.13. The summed E-state index contributed by atoms with van der Waals surface area (Å²) in [7, 11) is 0. The third-order valence-electron chi connectivity index (χ3n) is 3.28. The van der Waals surface area contributed by atoms with Gasteiger partial charge in [0.25, 0.3) is 0 Å². The van der Waals surface area contributed by atoms with E-state index in [-0.39, 0.29) is 5.75 Å². The van der Waals surface area contributed by atoms with Crippen molar-refractivity contribution in [3.8, 4) is 0 Å². The molecule has 3 amide bonds. The fourth-order valence-electron chi connectivity index (χ4n) is 1.83. The maximum atomic E-state index is 11.9. The SMILES string of the molecule is CCc1nc(SCC(=O)NC(=O)Nc2cccc(C)c2C)n[nH]1. The Bertz CT molecular complexity index is 714. The number of carbonyl (C=O) groups is 2. The summed E-state index contributed by atoms with van der Waals surface area (Å²) in [6, 6.07) is 5.06. The zero-order chi connectivity index (χ0) is 16.8. The first-order valence-corrected chi connectivity index (χ1v) is 8.19.